The van der Waals surface area contributed by atoms with Gasteiger partial charge in [0.05, 0.1) is 11.8 Å². The van der Waals surface area contributed by atoms with Crippen LogP contribution in [-0.4, -0.2) is 16.2 Å². The zero-order valence-electron chi connectivity index (χ0n) is 13.9. The second-order valence-electron chi connectivity index (χ2n) is 5.65. The van der Waals surface area contributed by atoms with Crippen molar-refractivity contribution in [2.75, 3.05) is 5.43 Å². The van der Waals surface area contributed by atoms with Crippen LogP contribution in [0.1, 0.15) is 16.8 Å². The summed E-state index contributed by atoms with van der Waals surface area (Å²) in [6, 6.07) is 4.37. The Morgan fingerprint density at radius 3 is 2.24 bits per heavy atom. The molecule has 1 N–H and O–H groups in total. The summed E-state index contributed by atoms with van der Waals surface area (Å²) < 4.78 is 105. The van der Waals surface area contributed by atoms with Crippen LogP contribution in [0, 0.1) is 11.6 Å². The maximum Gasteiger partial charge on any atom is 0.433 e. The van der Waals surface area contributed by atoms with Crippen LogP contribution in [0.15, 0.2) is 41.5 Å². The Hall–Kier alpha value is -3.31. The molecule has 0 amide bonds. The van der Waals surface area contributed by atoms with E-state index in [0.717, 1.165) is 36.5 Å². The number of benzene rings is 1. The largest absolute Gasteiger partial charge is 0.433 e. The number of hydrazone groups is 1. The van der Waals surface area contributed by atoms with Crippen molar-refractivity contribution in [3.63, 3.8) is 0 Å². The van der Waals surface area contributed by atoms with Gasteiger partial charge in [0, 0.05) is 10.9 Å². The van der Waals surface area contributed by atoms with Crippen LogP contribution in [0.3, 0.4) is 0 Å². The highest BCUT2D eigenvalue weighted by molar-refractivity contribution is 5.82. The first kappa shape index (κ1) is 20.4. The van der Waals surface area contributed by atoms with Gasteiger partial charge in [-0.1, -0.05) is 0 Å². The van der Waals surface area contributed by atoms with Gasteiger partial charge in [0.25, 0.3) is 0 Å². The number of fused-ring (bicyclic) bond motifs is 1. The number of rotatable bonds is 3. The van der Waals surface area contributed by atoms with Crippen LogP contribution in [0.2, 0.25) is 0 Å². The van der Waals surface area contributed by atoms with E-state index in [-0.39, 0.29) is 17.4 Å². The Kier molecular flexibility index (Phi) is 5.11. The molecule has 0 saturated heterocycles. The van der Waals surface area contributed by atoms with Crippen molar-refractivity contribution in [3.05, 3.63) is 64.9 Å². The number of hydrogen-bond donors (Lipinski definition) is 1. The molecule has 3 aromatic rings. The van der Waals surface area contributed by atoms with E-state index in [1.54, 1.807) is 0 Å². The maximum atomic E-state index is 13.5. The van der Waals surface area contributed by atoms with Gasteiger partial charge in [-0.25, -0.2) is 18.7 Å². The Bertz CT molecular complexity index is 1090. The number of nitrogens with one attached hydrogen (secondary N) is 1. The van der Waals surface area contributed by atoms with Gasteiger partial charge < -0.3 is 0 Å². The molecule has 3 rings (SSSR count). The average molecular weight is 420 g/mol. The lowest BCUT2D eigenvalue weighted by molar-refractivity contribution is -0.144. The molecule has 0 aliphatic carbocycles. The Balaban J connectivity index is 1.98. The topological polar surface area (TPSA) is 50.2 Å². The highest BCUT2D eigenvalue weighted by atomic mass is 19.4. The third-order valence-electron chi connectivity index (χ3n) is 3.61. The fraction of sp³-hybridized carbons (Fsp3) is 0.118. The first-order valence-corrected chi connectivity index (χ1v) is 7.65. The van der Waals surface area contributed by atoms with E-state index in [1.807, 2.05) is 0 Å². The quantitative estimate of drug-likeness (QED) is 0.351. The molecule has 0 fully saturated rings. The molecule has 0 spiro atoms. The molecule has 1 aromatic carbocycles. The number of halogens is 8. The smallest absolute Gasteiger partial charge is 0.261 e. The predicted molar refractivity (Wildman–Crippen MR) is 87.1 cm³/mol. The van der Waals surface area contributed by atoms with Crippen molar-refractivity contribution < 1.29 is 35.1 Å². The second kappa shape index (κ2) is 7.26. The molecular formula is C17H8F8N4. The summed E-state index contributed by atoms with van der Waals surface area (Å²) in [4.78, 5) is 6.73. The van der Waals surface area contributed by atoms with E-state index < -0.39 is 46.3 Å². The van der Waals surface area contributed by atoms with Gasteiger partial charge in [0.15, 0.2) is 5.65 Å². The minimum absolute atomic E-state index is 0.0952. The van der Waals surface area contributed by atoms with Crippen LogP contribution in [0.4, 0.5) is 40.9 Å². The molecule has 0 atom stereocenters. The monoisotopic (exact) mass is 420 g/mol. The third kappa shape index (κ3) is 4.58. The number of anilines is 1. The lowest BCUT2D eigenvalue weighted by Gasteiger charge is -2.14. The SMILES string of the molecule is Fc1ccc(F)c(/C=N/Nc2ccc3c(C(F)(F)F)cc(C(F)(F)F)nc3n2)c1. The first-order chi connectivity index (χ1) is 13.4. The van der Waals surface area contributed by atoms with E-state index in [2.05, 4.69) is 20.5 Å². The summed E-state index contributed by atoms with van der Waals surface area (Å²) in [6.07, 6.45) is -9.32. The molecule has 0 unspecified atom stereocenters. The Morgan fingerprint density at radius 2 is 1.59 bits per heavy atom. The first-order valence-electron chi connectivity index (χ1n) is 7.65. The van der Waals surface area contributed by atoms with E-state index >= 15 is 0 Å². The zero-order chi connectivity index (χ0) is 21.4. The summed E-state index contributed by atoms with van der Waals surface area (Å²) in [5, 5.41) is 2.90. The van der Waals surface area contributed by atoms with Gasteiger partial charge in [0.1, 0.15) is 23.1 Å². The highest BCUT2D eigenvalue weighted by Crippen LogP contribution is 2.38. The van der Waals surface area contributed by atoms with E-state index in [9.17, 15) is 35.1 Å². The molecule has 0 aliphatic rings. The lowest BCUT2D eigenvalue weighted by Crippen LogP contribution is -2.14. The van der Waals surface area contributed by atoms with Crippen molar-refractivity contribution in [3.8, 4) is 0 Å². The normalized spacial score (nSPS) is 12.7. The standard InChI is InChI=1S/C17H8F8N4/c18-9-1-3-12(19)8(5-9)7-26-29-14-4-2-10-11(16(20,21)22)6-13(17(23,24)25)27-15(10)28-14/h1-7H,(H,27,28,29)/b26-7+. The van der Waals surface area contributed by atoms with Crippen LogP contribution >= 0.6 is 0 Å². The summed E-state index contributed by atoms with van der Waals surface area (Å²) in [7, 11) is 0. The van der Waals surface area contributed by atoms with Crippen molar-refractivity contribution in [1.82, 2.24) is 9.97 Å². The van der Waals surface area contributed by atoms with Gasteiger partial charge >= 0.3 is 12.4 Å². The molecule has 2 aromatic heterocycles. The highest BCUT2D eigenvalue weighted by Gasteiger charge is 2.39. The van der Waals surface area contributed by atoms with E-state index in [4.69, 9.17) is 0 Å². The van der Waals surface area contributed by atoms with Gasteiger partial charge in [-0.2, -0.15) is 31.4 Å². The van der Waals surface area contributed by atoms with Crippen molar-refractivity contribution in [2.45, 2.75) is 12.4 Å². The zero-order valence-corrected chi connectivity index (χ0v) is 13.9. The van der Waals surface area contributed by atoms with E-state index in [0.29, 0.717) is 0 Å². The van der Waals surface area contributed by atoms with E-state index in [1.165, 1.54) is 0 Å². The van der Waals surface area contributed by atoms with Gasteiger partial charge in [-0.15, -0.1) is 0 Å². The van der Waals surface area contributed by atoms with Crippen LogP contribution in [0.5, 0.6) is 0 Å². The Labute approximate surface area is 156 Å². The second-order valence-corrected chi connectivity index (χ2v) is 5.65. The lowest BCUT2D eigenvalue weighted by atomic mass is 10.1. The molecule has 0 saturated carbocycles. The molecule has 4 nitrogen and oxygen atoms in total. The molecule has 2 heterocycles. The number of aromatic nitrogens is 2. The van der Waals surface area contributed by atoms with Crippen LogP contribution in [-0.2, 0) is 12.4 Å². The number of alkyl halides is 6. The minimum atomic E-state index is -5.12. The summed E-state index contributed by atoms with van der Waals surface area (Å²) in [5.41, 5.74) is -2.14. The van der Waals surface area contributed by atoms with Crippen molar-refractivity contribution in [1.29, 1.82) is 0 Å². The summed E-state index contributed by atoms with van der Waals surface area (Å²) >= 11 is 0. The number of nitrogens with zero attached hydrogens (tertiary/aromatic N) is 3. The predicted octanol–water partition coefficient (Wildman–Crippen LogP) is 5.39. The van der Waals surface area contributed by atoms with Crippen LogP contribution < -0.4 is 5.43 Å². The molecule has 0 bridgehead atoms. The van der Waals surface area contributed by atoms with Gasteiger partial charge in [-0.05, 0) is 36.4 Å². The average Bonchev–Trinajstić information content (AvgIpc) is 2.62. The number of hydrogen-bond acceptors (Lipinski definition) is 4. The fourth-order valence-electron chi connectivity index (χ4n) is 2.33. The van der Waals surface area contributed by atoms with Gasteiger partial charge in [-0.3, -0.25) is 5.43 Å². The maximum absolute atomic E-state index is 13.5. The Morgan fingerprint density at radius 1 is 0.862 bits per heavy atom. The molecular weight excluding hydrogens is 412 g/mol. The van der Waals surface area contributed by atoms with Crippen molar-refractivity contribution >= 4 is 23.1 Å². The molecule has 152 valence electrons. The molecule has 29 heavy (non-hydrogen) atoms. The molecule has 12 heteroatoms. The minimum Gasteiger partial charge on any atom is -0.261 e. The van der Waals surface area contributed by atoms with Gasteiger partial charge in [0.2, 0.25) is 0 Å². The molecule has 0 radical (unpaired) electrons. The number of pyridine rings is 2. The summed E-state index contributed by atoms with van der Waals surface area (Å²) in [6.45, 7) is 0. The third-order valence-corrected chi connectivity index (χ3v) is 3.61. The summed E-state index contributed by atoms with van der Waals surface area (Å²) in [5.74, 6) is -1.79. The fourth-order valence-corrected chi connectivity index (χ4v) is 2.33. The molecule has 0 aliphatic heterocycles. The van der Waals surface area contributed by atoms with Crippen molar-refractivity contribution in [2.24, 2.45) is 5.10 Å². The van der Waals surface area contributed by atoms with Crippen LogP contribution in [0.25, 0.3) is 11.0 Å².